The lowest BCUT2D eigenvalue weighted by Crippen LogP contribution is -2.50. The van der Waals surface area contributed by atoms with E-state index >= 15 is 0 Å². The van der Waals surface area contributed by atoms with Gasteiger partial charge in [-0.05, 0) is 12.1 Å². The number of rotatable bonds is 2. The number of morpholine rings is 1. The van der Waals surface area contributed by atoms with Gasteiger partial charge >= 0.3 is 0 Å². The number of carbonyl (C=O) groups is 2. The Labute approximate surface area is 132 Å². The Balaban J connectivity index is 1.48. The molecule has 2 aromatic rings. The first kappa shape index (κ1) is 13.9. The van der Waals surface area contributed by atoms with Crippen LogP contribution in [0.25, 0.3) is 5.82 Å². The molecule has 118 valence electrons. The molecule has 0 spiro atoms. The third kappa shape index (κ3) is 2.57. The fourth-order valence-electron chi connectivity index (χ4n) is 2.92. The van der Waals surface area contributed by atoms with E-state index in [1.54, 1.807) is 46.5 Å². The molecule has 1 N–H and O–H groups in total. The molecule has 0 aromatic carbocycles. The molecule has 0 saturated carbocycles. The lowest BCUT2D eigenvalue weighted by atomic mass is 10.2. The molecule has 2 aromatic heterocycles. The Morgan fingerprint density at radius 3 is 3.00 bits per heavy atom. The molecule has 2 aliphatic rings. The van der Waals surface area contributed by atoms with Gasteiger partial charge in [-0.25, -0.2) is 9.97 Å². The highest BCUT2D eigenvalue weighted by atomic mass is 16.5. The lowest BCUT2D eigenvalue weighted by Gasteiger charge is -2.24. The van der Waals surface area contributed by atoms with Gasteiger partial charge in [0.2, 0.25) is 5.91 Å². The number of nitrogens with zero attached hydrogens (tertiary/aromatic N) is 4. The Morgan fingerprint density at radius 1 is 1.35 bits per heavy atom. The zero-order valence-electron chi connectivity index (χ0n) is 12.3. The highest BCUT2D eigenvalue weighted by Crippen LogP contribution is 2.19. The van der Waals surface area contributed by atoms with Crippen LogP contribution in [0.5, 0.6) is 0 Å². The van der Waals surface area contributed by atoms with E-state index in [0.717, 1.165) is 0 Å². The van der Waals surface area contributed by atoms with Crippen molar-refractivity contribution < 1.29 is 14.3 Å². The van der Waals surface area contributed by atoms with Crippen LogP contribution < -0.4 is 5.32 Å². The van der Waals surface area contributed by atoms with Crippen LogP contribution >= 0.6 is 0 Å². The molecule has 4 heterocycles. The molecule has 2 fully saturated rings. The molecule has 0 unspecified atom stereocenters. The van der Waals surface area contributed by atoms with Gasteiger partial charge in [-0.15, -0.1) is 0 Å². The summed E-state index contributed by atoms with van der Waals surface area (Å²) in [7, 11) is 0. The first-order valence-corrected chi connectivity index (χ1v) is 7.35. The Hall–Kier alpha value is -2.74. The first-order valence-electron chi connectivity index (χ1n) is 7.35. The fraction of sp³-hybridized carbons (Fsp3) is 0.333. The topological polar surface area (TPSA) is 89.4 Å². The summed E-state index contributed by atoms with van der Waals surface area (Å²) in [5.41, 5.74) is 0.513. The van der Waals surface area contributed by atoms with Crippen molar-refractivity contribution in [3.05, 3.63) is 42.6 Å². The fourth-order valence-corrected chi connectivity index (χ4v) is 2.92. The molecule has 0 bridgehead atoms. The summed E-state index contributed by atoms with van der Waals surface area (Å²) >= 11 is 0. The van der Waals surface area contributed by atoms with Gasteiger partial charge in [0.25, 0.3) is 5.91 Å². The number of ether oxygens (including phenoxy) is 1. The molecule has 23 heavy (non-hydrogen) atoms. The Bertz CT molecular complexity index is 728. The van der Waals surface area contributed by atoms with Crippen molar-refractivity contribution >= 4 is 11.8 Å². The smallest absolute Gasteiger partial charge is 0.255 e. The molecular formula is C15H15N5O3. The second-order valence-corrected chi connectivity index (χ2v) is 5.61. The molecule has 8 heteroatoms. The van der Waals surface area contributed by atoms with Crippen molar-refractivity contribution in [3.63, 3.8) is 0 Å². The normalized spacial score (nSPS) is 23.5. The maximum absolute atomic E-state index is 12.6. The van der Waals surface area contributed by atoms with E-state index < -0.39 is 0 Å². The van der Waals surface area contributed by atoms with Crippen molar-refractivity contribution in [1.29, 1.82) is 0 Å². The van der Waals surface area contributed by atoms with Crippen LogP contribution in [0.4, 0.5) is 0 Å². The number of amides is 2. The van der Waals surface area contributed by atoms with E-state index in [1.165, 1.54) is 0 Å². The zero-order valence-corrected chi connectivity index (χ0v) is 12.3. The van der Waals surface area contributed by atoms with E-state index in [0.29, 0.717) is 24.5 Å². The van der Waals surface area contributed by atoms with E-state index in [-0.39, 0.29) is 30.6 Å². The standard InChI is InChI=1S/C15H15N5O3/c21-14-8-23-12-7-20(6-11(12)18-14)15(22)10-1-2-13(17-5-10)19-4-3-16-9-19/h1-5,9,11-12H,6-8H2,(H,18,21)/t11-,12-/m0/s1. The summed E-state index contributed by atoms with van der Waals surface area (Å²) in [4.78, 5) is 33.9. The monoisotopic (exact) mass is 313 g/mol. The van der Waals surface area contributed by atoms with E-state index in [4.69, 9.17) is 4.74 Å². The van der Waals surface area contributed by atoms with E-state index in [1.807, 2.05) is 0 Å². The van der Waals surface area contributed by atoms with Crippen LogP contribution in [0.3, 0.4) is 0 Å². The number of hydrogen-bond acceptors (Lipinski definition) is 5. The van der Waals surface area contributed by atoms with Gasteiger partial charge in [0.1, 0.15) is 18.8 Å². The van der Waals surface area contributed by atoms with Crippen LogP contribution in [-0.2, 0) is 9.53 Å². The second-order valence-electron chi connectivity index (χ2n) is 5.61. The number of hydrogen-bond donors (Lipinski definition) is 1. The predicted molar refractivity (Wildman–Crippen MR) is 78.9 cm³/mol. The summed E-state index contributed by atoms with van der Waals surface area (Å²) < 4.78 is 7.23. The van der Waals surface area contributed by atoms with Gasteiger partial charge < -0.3 is 15.0 Å². The number of carbonyl (C=O) groups excluding carboxylic acids is 2. The summed E-state index contributed by atoms with van der Waals surface area (Å²) in [6, 6.07) is 3.39. The first-order chi connectivity index (χ1) is 11.2. The quantitative estimate of drug-likeness (QED) is 0.815. The maximum Gasteiger partial charge on any atom is 0.255 e. The number of aromatic nitrogens is 3. The third-order valence-electron chi connectivity index (χ3n) is 4.09. The minimum Gasteiger partial charge on any atom is -0.364 e. The molecule has 2 aliphatic heterocycles. The van der Waals surface area contributed by atoms with E-state index in [2.05, 4.69) is 15.3 Å². The molecule has 8 nitrogen and oxygen atoms in total. The highest BCUT2D eigenvalue weighted by Gasteiger charge is 2.40. The number of nitrogens with one attached hydrogen (secondary N) is 1. The molecule has 2 atom stereocenters. The minimum atomic E-state index is -0.132. The van der Waals surface area contributed by atoms with Crippen molar-refractivity contribution in [2.75, 3.05) is 19.7 Å². The van der Waals surface area contributed by atoms with Crippen molar-refractivity contribution in [2.24, 2.45) is 0 Å². The average Bonchev–Trinajstić information content (AvgIpc) is 3.23. The molecule has 0 radical (unpaired) electrons. The van der Waals surface area contributed by atoms with Crippen LogP contribution in [0, 0.1) is 0 Å². The van der Waals surface area contributed by atoms with Crippen LogP contribution in [0.15, 0.2) is 37.1 Å². The van der Waals surface area contributed by atoms with E-state index in [9.17, 15) is 9.59 Å². The average molecular weight is 313 g/mol. The number of imidazole rings is 1. The van der Waals surface area contributed by atoms with Gasteiger partial charge in [-0.1, -0.05) is 0 Å². The molecule has 2 amide bonds. The highest BCUT2D eigenvalue weighted by molar-refractivity contribution is 5.94. The summed E-state index contributed by atoms with van der Waals surface area (Å²) in [5, 5.41) is 2.86. The van der Waals surface area contributed by atoms with Crippen LogP contribution in [-0.4, -0.2) is 63.1 Å². The van der Waals surface area contributed by atoms with Gasteiger partial charge in [-0.2, -0.15) is 0 Å². The van der Waals surface area contributed by atoms with Gasteiger partial charge in [0.15, 0.2) is 0 Å². The molecule has 0 aliphatic carbocycles. The van der Waals surface area contributed by atoms with Gasteiger partial charge in [0.05, 0.1) is 17.7 Å². The number of likely N-dealkylation sites (tertiary alicyclic amines) is 1. The van der Waals surface area contributed by atoms with Gasteiger partial charge in [-0.3, -0.25) is 14.2 Å². The molecule has 2 saturated heterocycles. The Kier molecular flexibility index (Phi) is 3.30. The number of pyridine rings is 1. The van der Waals surface area contributed by atoms with Crippen molar-refractivity contribution in [3.8, 4) is 5.82 Å². The summed E-state index contributed by atoms with van der Waals surface area (Å²) in [5.74, 6) is 0.457. The van der Waals surface area contributed by atoms with Crippen molar-refractivity contribution in [2.45, 2.75) is 12.1 Å². The lowest BCUT2D eigenvalue weighted by molar-refractivity contribution is -0.134. The van der Waals surface area contributed by atoms with Crippen LogP contribution in [0.1, 0.15) is 10.4 Å². The van der Waals surface area contributed by atoms with Crippen molar-refractivity contribution in [1.82, 2.24) is 24.8 Å². The summed E-state index contributed by atoms with van der Waals surface area (Å²) in [6.45, 7) is 0.996. The van der Waals surface area contributed by atoms with Gasteiger partial charge in [0, 0.05) is 31.7 Å². The maximum atomic E-state index is 12.6. The Morgan fingerprint density at radius 2 is 2.26 bits per heavy atom. The number of fused-ring (bicyclic) bond motifs is 1. The molecule has 4 rings (SSSR count). The molecular weight excluding hydrogens is 298 g/mol. The third-order valence-corrected chi connectivity index (χ3v) is 4.09. The SMILES string of the molecule is O=C1CO[C@H]2CN(C(=O)c3ccc(-n4ccnc4)nc3)C[C@@H]2N1. The zero-order chi connectivity index (χ0) is 15.8. The minimum absolute atomic E-state index is 0.0599. The van der Waals surface area contributed by atoms with Crippen LogP contribution in [0.2, 0.25) is 0 Å². The predicted octanol–water partition coefficient (Wildman–Crippen LogP) is -0.393. The summed E-state index contributed by atoms with van der Waals surface area (Å²) in [6.07, 6.45) is 6.53. The largest absolute Gasteiger partial charge is 0.364 e. The second kappa shape index (κ2) is 5.47.